The molecule has 1 aromatic rings. The van der Waals surface area contributed by atoms with Gasteiger partial charge in [-0.3, -0.25) is 0 Å². The van der Waals surface area contributed by atoms with E-state index in [1.54, 1.807) is 7.11 Å². The van der Waals surface area contributed by atoms with Gasteiger partial charge < -0.3 is 10.1 Å². The zero-order chi connectivity index (χ0) is 12.0. The number of likely N-dealkylation sites (N-methyl/N-ethyl adjacent to an activating group) is 1. The number of nitrogens with one attached hydrogen (secondary N) is 1. The maximum absolute atomic E-state index is 8.93. The summed E-state index contributed by atoms with van der Waals surface area (Å²) in [4.78, 5) is 0. The number of nitrogens with zero attached hydrogens (tertiary/aromatic N) is 1. The Hall–Kier alpha value is -1.79. The van der Waals surface area contributed by atoms with Gasteiger partial charge in [0, 0.05) is 6.04 Å². The molecule has 0 bridgehead atoms. The third-order valence-corrected chi connectivity index (χ3v) is 2.38. The lowest BCUT2D eigenvalue weighted by molar-refractivity contribution is 0.413. The molecule has 1 rings (SSSR count). The first-order valence-corrected chi connectivity index (χ1v) is 5.15. The first kappa shape index (κ1) is 12.3. The molecule has 0 saturated heterocycles. The van der Waals surface area contributed by atoms with E-state index in [0.717, 1.165) is 5.56 Å². The maximum atomic E-state index is 8.93. The van der Waals surface area contributed by atoms with Crippen molar-refractivity contribution in [2.24, 2.45) is 0 Å². The van der Waals surface area contributed by atoms with Gasteiger partial charge >= 0.3 is 0 Å². The molecule has 3 heteroatoms. The lowest BCUT2D eigenvalue weighted by Crippen LogP contribution is -2.17. The van der Waals surface area contributed by atoms with Crippen LogP contribution in [0.2, 0.25) is 0 Å². The van der Waals surface area contributed by atoms with Crippen LogP contribution in [0.15, 0.2) is 24.3 Å². The van der Waals surface area contributed by atoms with E-state index >= 15 is 0 Å². The highest BCUT2D eigenvalue weighted by Crippen LogP contribution is 2.19. The summed E-state index contributed by atoms with van der Waals surface area (Å²) in [6.45, 7) is 2.06. The fourth-order valence-corrected chi connectivity index (χ4v) is 1.27. The second-order valence-electron chi connectivity index (χ2n) is 3.51. The number of ether oxygens (including phenoxy) is 1. The van der Waals surface area contributed by atoms with Crippen LogP contribution in [-0.4, -0.2) is 20.2 Å². The zero-order valence-electron chi connectivity index (χ0n) is 9.82. The molecule has 0 aliphatic heterocycles. The highest BCUT2D eigenvalue weighted by atomic mass is 16.5. The second kappa shape index (κ2) is 5.94. The molecule has 84 valence electrons. The molecule has 0 spiro atoms. The minimum atomic E-state index is 0.313. The molecule has 3 nitrogen and oxygen atoms in total. The second-order valence-corrected chi connectivity index (χ2v) is 3.51. The molecule has 1 unspecified atom stereocenters. The Bertz CT molecular complexity index is 418. The Labute approximate surface area is 96.4 Å². The summed E-state index contributed by atoms with van der Waals surface area (Å²) in [5.74, 6) is 0.612. The summed E-state index contributed by atoms with van der Waals surface area (Å²) < 4.78 is 5.08. The van der Waals surface area contributed by atoms with E-state index in [1.165, 1.54) is 0 Å². The molecule has 0 amide bonds. The SMILES string of the molecule is CNC(C)/C=C/c1ccc(OC)c(C#N)c1. The molecular weight excluding hydrogens is 200 g/mol. The van der Waals surface area contributed by atoms with Gasteiger partial charge in [0.1, 0.15) is 11.8 Å². The van der Waals surface area contributed by atoms with Gasteiger partial charge in [-0.15, -0.1) is 0 Å². The molecule has 1 atom stereocenters. The number of hydrogen-bond donors (Lipinski definition) is 1. The van der Waals surface area contributed by atoms with Gasteiger partial charge in [0.2, 0.25) is 0 Å². The maximum Gasteiger partial charge on any atom is 0.136 e. The quantitative estimate of drug-likeness (QED) is 0.839. The molecule has 0 saturated carbocycles. The summed E-state index contributed by atoms with van der Waals surface area (Å²) in [6.07, 6.45) is 4.03. The molecular formula is C13H16N2O. The highest BCUT2D eigenvalue weighted by molar-refractivity contribution is 5.56. The summed E-state index contributed by atoms with van der Waals surface area (Å²) >= 11 is 0. The average Bonchev–Trinajstić information content (AvgIpc) is 2.35. The topological polar surface area (TPSA) is 45.0 Å². The summed E-state index contributed by atoms with van der Waals surface area (Å²) in [6, 6.07) is 7.98. The Morgan fingerprint density at radius 2 is 2.25 bits per heavy atom. The predicted molar refractivity (Wildman–Crippen MR) is 65.3 cm³/mol. The van der Waals surface area contributed by atoms with Crippen molar-refractivity contribution in [3.8, 4) is 11.8 Å². The van der Waals surface area contributed by atoms with Crippen molar-refractivity contribution in [3.63, 3.8) is 0 Å². The van der Waals surface area contributed by atoms with Crippen LogP contribution in [0.1, 0.15) is 18.1 Å². The van der Waals surface area contributed by atoms with Crippen molar-refractivity contribution in [2.45, 2.75) is 13.0 Å². The van der Waals surface area contributed by atoms with Gasteiger partial charge in [0.25, 0.3) is 0 Å². The predicted octanol–water partition coefficient (Wildman–Crippen LogP) is 2.19. The average molecular weight is 216 g/mol. The van der Waals surface area contributed by atoms with Gasteiger partial charge in [-0.1, -0.05) is 18.2 Å². The molecule has 0 fully saturated rings. The van der Waals surface area contributed by atoms with Crippen molar-refractivity contribution in [3.05, 3.63) is 35.4 Å². The number of rotatable bonds is 4. The Morgan fingerprint density at radius 3 is 2.81 bits per heavy atom. The van der Waals surface area contributed by atoms with Gasteiger partial charge in [0.15, 0.2) is 0 Å². The first-order chi connectivity index (χ1) is 7.71. The third-order valence-electron chi connectivity index (χ3n) is 2.38. The van der Waals surface area contributed by atoms with Crippen LogP contribution < -0.4 is 10.1 Å². The fourth-order valence-electron chi connectivity index (χ4n) is 1.27. The van der Waals surface area contributed by atoms with Crippen molar-refractivity contribution < 1.29 is 4.74 Å². The van der Waals surface area contributed by atoms with Crippen LogP contribution in [0, 0.1) is 11.3 Å². The standard InChI is InChI=1S/C13H16N2O/c1-10(15-2)4-5-11-6-7-13(16-3)12(8-11)9-14/h4-8,10,15H,1-3H3/b5-4+. The largest absolute Gasteiger partial charge is 0.495 e. The summed E-state index contributed by atoms with van der Waals surface area (Å²) in [5.41, 5.74) is 1.56. The van der Waals surface area contributed by atoms with Crippen molar-refractivity contribution in [1.82, 2.24) is 5.32 Å². The molecule has 0 heterocycles. The van der Waals surface area contributed by atoms with Crippen LogP contribution in [0.3, 0.4) is 0 Å². The number of methoxy groups -OCH3 is 1. The molecule has 1 aromatic carbocycles. The van der Waals surface area contributed by atoms with Crippen molar-refractivity contribution >= 4 is 6.08 Å². The molecule has 0 aliphatic carbocycles. The Morgan fingerprint density at radius 1 is 1.50 bits per heavy atom. The summed E-state index contributed by atoms with van der Waals surface area (Å²) in [5, 5.41) is 12.0. The van der Waals surface area contributed by atoms with Crippen LogP contribution in [0.4, 0.5) is 0 Å². The molecule has 0 radical (unpaired) electrons. The Balaban J connectivity index is 2.92. The van der Waals surface area contributed by atoms with E-state index in [-0.39, 0.29) is 0 Å². The fraction of sp³-hybridized carbons (Fsp3) is 0.308. The van der Waals surface area contributed by atoms with E-state index < -0.39 is 0 Å². The number of nitriles is 1. The van der Waals surface area contributed by atoms with Crippen LogP contribution in [0.25, 0.3) is 6.08 Å². The van der Waals surface area contributed by atoms with Gasteiger partial charge in [-0.2, -0.15) is 5.26 Å². The lowest BCUT2D eigenvalue weighted by atomic mass is 10.1. The van der Waals surface area contributed by atoms with E-state index in [9.17, 15) is 0 Å². The van der Waals surface area contributed by atoms with E-state index in [0.29, 0.717) is 17.4 Å². The normalized spacial score (nSPS) is 12.4. The van der Waals surface area contributed by atoms with Crippen LogP contribution in [-0.2, 0) is 0 Å². The van der Waals surface area contributed by atoms with Crippen LogP contribution >= 0.6 is 0 Å². The third kappa shape index (κ3) is 3.11. The van der Waals surface area contributed by atoms with Gasteiger partial charge in [-0.05, 0) is 31.7 Å². The van der Waals surface area contributed by atoms with Crippen molar-refractivity contribution in [2.75, 3.05) is 14.2 Å². The molecule has 16 heavy (non-hydrogen) atoms. The first-order valence-electron chi connectivity index (χ1n) is 5.15. The minimum Gasteiger partial charge on any atom is -0.495 e. The lowest BCUT2D eigenvalue weighted by Gasteiger charge is -2.04. The molecule has 1 N–H and O–H groups in total. The van der Waals surface area contributed by atoms with Crippen LogP contribution in [0.5, 0.6) is 5.75 Å². The number of hydrogen-bond acceptors (Lipinski definition) is 3. The van der Waals surface area contributed by atoms with Gasteiger partial charge in [0.05, 0.1) is 12.7 Å². The number of benzene rings is 1. The monoisotopic (exact) mass is 216 g/mol. The smallest absolute Gasteiger partial charge is 0.136 e. The zero-order valence-corrected chi connectivity index (χ0v) is 9.82. The van der Waals surface area contributed by atoms with Gasteiger partial charge in [-0.25, -0.2) is 0 Å². The molecule has 0 aromatic heterocycles. The summed E-state index contributed by atoms with van der Waals surface area (Å²) in [7, 11) is 3.47. The highest BCUT2D eigenvalue weighted by Gasteiger charge is 2.01. The van der Waals surface area contributed by atoms with E-state index in [2.05, 4.69) is 18.3 Å². The van der Waals surface area contributed by atoms with E-state index in [4.69, 9.17) is 10.00 Å². The molecule has 0 aliphatic rings. The van der Waals surface area contributed by atoms with E-state index in [1.807, 2.05) is 37.4 Å². The Kier molecular flexibility index (Phi) is 4.56. The van der Waals surface area contributed by atoms with Crippen molar-refractivity contribution in [1.29, 1.82) is 5.26 Å². The minimum absolute atomic E-state index is 0.313.